The molecule has 0 bridgehead atoms. The summed E-state index contributed by atoms with van der Waals surface area (Å²) < 4.78 is 0. The highest BCUT2D eigenvalue weighted by molar-refractivity contribution is 5.88. The number of pyridine rings is 3. The Morgan fingerprint density at radius 1 is 0.846 bits per heavy atom. The third-order valence-electron chi connectivity index (χ3n) is 4.68. The number of benzene rings is 1. The van der Waals surface area contributed by atoms with Crippen LogP contribution in [0.15, 0.2) is 73.7 Å². The molecule has 3 heterocycles. The molecule has 0 radical (unpaired) electrons. The maximum absolute atomic E-state index is 4.60. The molecular formula is C23H19N3. The molecule has 1 aromatic carbocycles. The first-order chi connectivity index (χ1) is 12.6. The fourth-order valence-electron chi connectivity index (χ4n) is 3.19. The van der Waals surface area contributed by atoms with Gasteiger partial charge in [0.15, 0.2) is 0 Å². The van der Waals surface area contributed by atoms with Crippen LogP contribution in [0.3, 0.4) is 0 Å². The van der Waals surface area contributed by atoms with Crippen LogP contribution in [-0.4, -0.2) is 15.0 Å². The summed E-state index contributed by atoms with van der Waals surface area (Å²) in [6.45, 7) is 8.37. The number of hydrogen-bond donors (Lipinski definition) is 0. The van der Waals surface area contributed by atoms with E-state index in [1.54, 1.807) is 0 Å². The van der Waals surface area contributed by atoms with E-state index >= 15 is 0 Å². The molecule has 0 spiro atoms. The Labute approximate surface area is 153 Å². The van der Waals surface area contributed by atoms with E-state index in [0.717, 1.165) is 50.1 Å². The summed E-state index contributed by atoms with van der Waals surface area (Å²) in [7, 11) is 0. The van der Waals surface area contributed by atoms with Crippen molar-refractivity contribution < 1.29 is 0 Å². The lowest BCUT2D eigenvalue weighted by atomic mass is 9.94. The molecule has 3 heteroatoms. The van der Waals surface area contributed by atoms with Crippen LogP contribution in [0.5, 0.6) is 0 Å². The highest BCUT2D eigenvalue weighted by Crippen LogP contribution is 2.30. The fraction of sp³-hybridized carbons (Fsp3) is 0.0870. The van der Waals surface area contributed by atoms with Gasteiger partial charge in [0.2, 0.25) is 0 Å². The van der Waals surface area contributed by atoms with Crippen molar-refractivity contribution in [2.45, 2.75) is 13.8 Å². The van der Waals surface area contributed by atoms with Crippen molar-refractivity contribution in [1.29, 1.82) is 0 Å². The summed E-state index contributed by atoms with van der Waals surface area (Å²) in [5, 5.41) is 1.11. The molecule has 3 nitrogen and oxygen atoms in total. The summed E-state index contributed by atoms with van der Waals surface area (Å²) in [4.78, 5) is 13.4. The smallest absolute Gasteiger partial charge is 0.0702 e. The van der Waals surface area contributed by atoms with Gasteiger partial charge in [-0.1, -0.05) is 24.8 Å². The summed E-state index contributed by atoms with van der Waals surface area (Å²) in [5.41, 5.74) is 8.18. The molecule has 0 aliphatic rings. The van der Waals surface area contributed by atoms with Gasteiger partial charge in [0.05, 0.1) is 5.52 Å². The van der Waals surface area contributed by atoms with Gasteiger partial charge in [-0.15, -0.1) is 0 Å². The molecule has 0 N–H and O–H groups in total. The van der Waals surface area contributed by atoms with Crippen molar-refractivity contribution in [3.8, 4) is 11.1 Å². The normalized spacial score (nSPS) is 10.8. The van der Waals surface area contributed by atoms with Crippen molar-refractivity contribution in [2.75, 3.05) is 0 Å². The lowest BCUT2D eigenvalue weighted by Gasteiger charge is -2.13. The van der Waals surface area contributed by atoms with Crippen molar-refractivity contribution in [3.63, 3.8) is 0 Å². The van der Waals surface area contributed by atoms with Gasteiger partial charge in [-0.05, 0) is 55.3 Å². The predicted molar refractivity (Wildman–Crippen MR) is 107 cm³/mol. The molecule has 4 rings (SSSR count). The minimum Gasteiger partial charge on any atom is -0.261 e. The zero-order valence-electron chi connectivity index (χ0n) is 14.9. The Hall–Kier alpha value is -3.33. The summed E-state index contributed by atoms with van der Waals surface area (Å²) in [5.74, 6) is 0. The van der Waals surface area contributed by atoms with Crippen LogP contribution in [0.1, 0.15) is 22.5 Å². The Morgan fingerprint density at radius 3 is 2.50 bits per heavy atom. The van der Waals surface area contributed by atoms with E-state index in [4.69, 9.17) is 0 Å². The lowest BCUT2D eigenvalue weighted by Crippen LogP contribution is -1.96. The Balaban J connectivity index is 1.80. The van der Waals surface area contributed by atoms with Crippen LogP contribution < -0.4 is 0 Å². The molecule has 3 aromatic heterocycles. The lowest BCUT2D eigenvalue weighted by molar-refractivity contribution is 1.16. The van der Waals surface area contributed by atoms with Crippen molar-refractivity contribution >= 4 is 16.5 Å². The third-order valence-corrected chi connectivity index (χ3v) is 4.68. The van der Waals surface area contributed by atoms with Gasteiger partial charge >= 0.3 is 0 Å². The maximum atomic E-state index is 4.60. The number of fused-ring (bicyclic) bond motifs is 1. The molecule has 26 heavy (non-hydrogen) atoms. The molecule has 0 amide bonds. The van der Waals surface area contributed by atoms with Crippen LogP contribution in [0.25, 0.3) is 27.6 Å². The SMILES string of the molecule is C=C(c1ccc2ncccc2c1)c1cc(-c2cccnc2C)cnc1C. The zero-order valence-corrected chi connectivity index (χ0v) is 14.9. The van der Waals surface area contributed by atoms with E-state index in [1.807, 2.05) is 50.6 Å². The largest absolute Gasteiger partial charge is 0.261 e. The second-order valence-electron chi connectivity index (χ2n) is 6.38. The van der Waals surface area contributed by atoms with Gasteiger partial charge in [0, 0.05) is 52.1 Å². The minimum atomic E-state index is 0.962. The van der Waals surface area contributed by atoms with Crippen LogP contribution in [0.4, 0.5) is 0 Å². The standard InChI is InChI=1S/C23H19N3/c1-15(18-8-9-23-19(12-18)6-4-11-25-23)22-13-20(14-26-17(22)3)21-7-5-10-24-16(21)2/h4-14H,1H2,2-3H3. The van der Waals surface area contributed by atoms with Crippen LogP contribution >= 0.6 is 0 Å². The first kappa shape index (κ1) is 16.2. The van der Waals surface area contributed by atoms with Crippen molar-refractivity contribution in [2.24, 2.45) is 0 Å². The third kappa shape index (κ3) is 2.88. The summed E-state index contributed by atoms with van der Waals surface area (Å²) >= 11 is 0. The minimum absolute atomic E-state index is 0.962. The molecule has 4 aromatic rings. The van der Waals surface area contributed by atoms with Gasteiger partial charge in [0.25, 0.3) is 0 Å². The summed E-state index contributed by atoms with van der Waals surface area (Å²) in [6.07, 6.45) is 5.52. The Morgan fingerprint density at radius 2 is 1.65 bits per heavy atom. The molecule has 126 valence electrons. The van der Waals surface area contributed by atoms with Gasteiger partial charge in [0.1, 0.15) is 0 Å². The highest BCUT2D eigenvalue weighted by Gasteiger charge is 2.11. The topological polar surface area (TPSA) is 38.7 Å². The number of rotatable bonds is 3. The van der Waals surface area contributed by atoms with Gasteiger partial charge in [-0.25, -0.2) is 0 Å². The van der Waals surface area contributed by atoms with Crippen LogP contribution in [-0.2, 0) is 0 Å². The number of hydrogen-bond acceptors (Lipinski definition) is 3. The molecule has 0 fully saturated rings. The average Bonchev–Trinajstić information content (AvgIpc) is 2.68. The summed E-state index contributed by atoms with van der Waals surface area (Å²) in [6, 6.07) is 16.4. The number of nitrogens with zero attached hydrogens (tertiary/aromatic N) is 3. The number of aryl methyl sites for hydroxylation is 2. The van der Waals surface area contributed by atoms with Gasteiger partial charge < -0.3 is 0 Å². The van der Waals surface area contributed by atoms with Gasteiger partial charge in [-0.2, -0.15) is 0 Å². The van der Waals surface area contributed by atoms with Crippen molar-refractivity contribution in [1.82, 2.24) is 15.0 Å². The monoisotopic (exact) mass is 337 g/mol. The molecule has 0 aliphatic heterocycles. The first-order valence-electron chi connectivity index (χ1n) is 8.56. The van der Waals surface area contributed by atoms with Crippen molar-refractivity contribution in [3.05, 3.63) is 96.2 Å². The second kappa shape index (κ2) is 6.52. The van der Waals surface area contributed by atoms with Crippen LogP contribution in [0, 0.1) is 13.8 Å². The average molecular weight is 337 g/mol. The molecule has 0 unspecified atom stereocenters. The molecule has 0 aliphatic carbocycles. The quantitative estimate of drug-likeness (QED) is 0.504. The fourth-order valence-corrected chi connectivity index (χ4v) is 3.19. The van der Waals surface area contributed by atoms with E-state index in [2.05, 4.69) is 51.9 Å². The molecule has 0 saturated carbocycles. The highest BCUT2D eigenvalue weighted by atomic mass is 14.7. The first-order valence-corrected chi connectivity index (χ1v) is 8.56. The van der Waals surface area contributed by atoms with E-state index in [-0.39, 0.29) is 0 Å². The van der Waals surface area contributed by atoms with Gasteiger partial charge in [-0.3, -0.25) is 15.0 Å². The Kier molecular flexibility index (Phi) is 4.05. The van der Waals surface area contributed by atoms with E-state index in [1.165, 1.54) is 0 Å². The van der Waals surface area contributed by atoms with E-state index in [9.17, 15) is 0 Å². The Bertz CT molecular complexity index is 1130. The van der Waals surface area contributed by atoms with Crippen LogP contribution in [0.2, 0.25) is 0 Å². The molecule has 0 atom stereocenters. The molecule has 0 saturated heterocycles. The second-order valence-corrected chi connectivity index (χ2v) is 6.38. The maximum Gasteiger partial charge on any atom is 0.0702 e. The predicted octanol–water partition coefficient (Wildman–Crippen LogP) is 5.37. The zero-order chi connectivity index (χ0) is 18.1. The number of aromatic nitrogens is 3. The molecular weight excluding hydrogens is 318 g/mol. The van der Waals surface area contributed by atoms with E-state index in [0.29, 0.717) is 0 Å². The van der Waals surface area contributed by atoms with E-state index < -0.39 is 0 Å².